The fourth-order valence-corrected chi connectivity index (χ4v) is 3.23. The molecule has 132 valence electrons. The van der Waals surface area contributed by atoms with Crippen molar-refractivity contribution in [3.63, 3.8) is 0 Å². The molecule has 7 nitrogen and oxygen atoms in total. The molecule has 3 aromatic heterocycles. The van der Waals surface area contributed by atoms with Crippen LogP contribution in [-0.4, -0.2) is 43.5 Å². The van der Waals surface area contributed by atoms with Crippen molar-refractivity contribution < 1.29 is 4.79 Å². The molecule has 1 N–H and O–H groups in total. The second-order valence-corrected chi connectivity index (χ2v) is 6.85. The summed E-state index contributed by atoms with van der Waals surface area (Å²) in [5.41, 5.74) is 2.97. The molecule has 0 aliphatic heterocycles. The summed E-state index contributed by atoms with van der Waals surface area (Å²) in [5.74, 6) is -0.190. The monoisotopic (exact) mass is 358 g/mol. The largest absolute Gasteiger partial charge is 0.346 e. The molecule has 0 aliphatic carbocycles. The van der Waals surface area contributed by atoms with Gasteiger partial charge in [-0.3, -0.25) is 9.69 Å². The van der Waals surface area contributed by atoms with Crippen LogP contribution in [0.15, 0.2) is 24.0 Å². The highest BCUT2D eigenvalue weighted by atomic mass is 32.1. The minimum absolute atomic E-state index is 0.190. The zero-order chi connectivity index (χ0) is 17.8. The molecule has 0 bridgehead atoms. The molecule has 0 atom stereocenters. The smallest absolute Gasteiger partial charge is 0.257 e. The van der Waals surface area contributed by atoms with E-state index in [0.29, 0.717) is 17.8 Å². The van der Waals surface area contributed by atoms with E-state index in [4.69, 9.17) is 0 Å². The van der Waals surface area contributed by atoms with Crippen LogP contribution in [0.4, 0.5) is 0 Å². The number of nitrogens with zero attached hydrogens (tertiary/aromatic N) is 5. The van der Waals surface area contributed by atoms with Gasteiger partial charge in [-0.05, 0) is 20.0 Å². The van der Waals surface area contributed by atoms with E-state index in [1.54, 1.807) is 22.0 Å². The van der Waals surface area contributed by atoms with Crippen LogP contribution >= 0.6 is 11.3 Å². The Balaban J connectivity index is 1.72. The lowest BCUT2D eigenvalue weighted by Gasteiger charge is -2.17. The van der Waals surface area contributed by atoms with Crippen molar-refractivity contribution in [1.82, 2.24) is 29.8 Å². The van der Waals surface area contributed by atoms with Crippen molar-refractivity contribution in [2.45, 2.75) is 33.9 Å². The minimum Gasteiger partial charge on any atom is -0.346 e. The van der Waals surface area contributed by atoms with Crippen LogP contribution in [0.25, 0.3) is 5.65 Å². The standard InChI is InChI=1S/C17H22N6OS/c1-4-22(5-2)9-13-6-18-16-15(8-20-23(16)10-13)17(24)19-7-14-11-25-12(3)21-14/h6,8,10-11H,4-5,7,9H2,1-3H3,(H,19,24). The Hall–Kier alpha value is -2.32. The van der Waals surface area contributed by atoms with Gasteiger partial charge in [0, 0.05) is 29.9 Å². The SMILES string of the molecule is CCN(CC)Cc1cnc2c(C(=O)NCc3csc(C)n3)cnn2c1. The van der Waals surface area contributed by atoms with Crippen molar-refractivity contribution in [2.75, 3.05) is 13.1 Å². The lowest BCUT2D eigenvalue weighted by atomic mass is 10.3. The number of thiazole rings is 1. The van der Waals surface area contributed by atoms with Crippen LogP contribution in [-0.2, 0) is 13.1 Å². The van der Waals surface area contributed by atoms with Crippen molar-refractivity contribution in [3.05, 3.63) is 45.8 Å². The van der Waals surface area contributed by atoms with Gasteiger partial charge >= 0.3 is 0 Å². The number of amides is 1. The summed E-state index contributed by atoms with van der Waals surface area (Å²) in [7, 11) is 0. The average molecular weight is 358 g/mol. The summed E-state index contributed by atoms with van der Waals surface area (Å²) in [6.07, 6.45) is 5.31. The molecule has 0 saturated carbocycles. The van der Waals surface area contributed by atoms with Gasteiger partial charge in [-0.1, -0.05) is 13.8 Å². The molecule has 1 amide bonds. The van der Waals surface area contributed by atoms with E-state index >= 15 is 0 Å². The summed E-state index contributed by atoms with van der Waals surface area (Å²) in [6.45, 7) is 9.40. The van der Waals surface area contributed by atoms with Gasteiger partial charge in [0.2, 0.25) is 0 Å². The highest BCUT2D eigenvalue weighted by Crippen LogP contribution is 2.12. The van der Waals surface area contributed by atoms with Crippen LogP contribution in [0, 0.1) is 6.92 Å². The number of rotatable bonds is 7. The maximum absolute atomic E-state index is 12.4. The van der Waals surface area contributed by atoms with E-state index in [0.717, 1.165) is 35.9 Å². The fourth-order valence-electron chi connectivity index (χ4n) is 2.62. The molecular weight excluding hydrogens is 336 g/mol. The summed E-state index contributed by atoms with van der Waals surface area (Å²) >= 11 is 1.57. The van der Waals surface area contributed by atoms with E-state index < -0.39 is 0 Å². The van der Waals surface area contributed by atoms with E-state index in [1.807, 2.05) is 24.7 Å². The Morgan fingerprint density at radius 2 is 2.12 bits per heavy atom. The quantitative estimate of drug-likeness (QED) is 0.701. The van der Waals surface area contributed by atoms with Gasteiger partial charge in [-0.2, -0.15) is 5.10 Å². The van der Waals surface area contributed by atoms with E-state index in [1.165, 1.54) is 0 Å². The average Bonchev–Trinajstić information content (AvgIpc) is 3.23. The molecule has 25 heavy (non-hydrogen) atoms. The third kappa shape index (κ3) is 4.02. The van der Waals surface area contributed by atoms with Crippen LogP contribution < -0.4 is 5.32 Å². The molecule has 0 saturated heterocycles. The van der Waals surface area contributed by atoms with Crippen LogP contribution in [0.5, 0.6) is 0 Å². The number of aryl methyl sites for hydroxylation is 1. The van der Waals surface area contributed by atoms with Gasteiger partial charge in [-0.25, -0.2) is 14.5 Å². The first-order valence-corrected chi connectivity index (χ1v) is 9.22. The van der Waals surface area contributed by atoms with E-state index in [2.05, 4.69) is 39.1 Å². The first-order chi connectivity index (χ1) is 12.1. The number of carbonyl (C=O) groups is 1. The number of hydrogen-bond donors (Lipinski definition) is 1. The van der Waals surface area contributed by atoms with Gasteiger partial charge in [0.05, 0.1) is 23.4 Å². The van der Waals surface area contributed by atoms with Gasteiger partial charge < -0.3 is 5.32 Å². The molecule has 0 fully saturated rings. The molecule has 0 unspecified atom stereocenters. The predicted molar refractivity (Wildman–Crippen MR) is 97.6 cm³/mol. The molecular formula is C17H22N6OS. The minimum atomic E-state index is -0.190. The Kier molecular flexibility index (Phi) is 5.40. The molecule has 0 aliphatic rings. The molecule has 3 aromatic rings. The predicted octanol–water partition coefficient (Wildman–Crippen LogP) is 2.27. The van der Waals surface area contributed by atoms with E-state index in [-0.39, 0.29) is 5.91 Å². The second kappa shape index (κ2) is 7.71. The highest BCUT2D eigenvalue weighted by Gasteiger charge is 2.15. The number of nitrogens with one attached hydrogen (secondary N) is 1. The lowest BCUT2D eigenvalue weighted by Crippen LogP contribution is -2.23. The van der Waals surface area contributed by atoms with Crippen molar-refractivity contribution in [3.8, 4) is 0 Å². The normalized spacial score (nSPS) is 11.4. The highest BCUT2D eigenvalue weighted by molar-refractivity contribution is 7.09. The van der Waals surface area contributed by atoms with Crippen LogP contribution in [0.3, 0.4) is 0 Å². The van der Waals surface area contributed by atoms with Crippen molar-refractivity contribution in [2.24, 2.45) is 0 Å². The number of hydrogen-bond acceptors (Lipinski definition) is 6. The molecule has 0 radical (unpaired) electrons. The zero-order valence-electron chi connectivity index (χ0n) is 14.7. The third-order valence-electron chi connectivity index (χ3n) is 4.05. The summed E-state index contributed by atoms with van der Waals surface area (Å²) in [4.78, 5) is 23.5. The molecule has 8 heteroatoms. The molecule has 0 aromatic carbocycles. The Bertz CT molecular complexity index is 867. The molecule has 0 spiro atoms. The molecule has 3 rings (SSSR count). The molecule has 3 heterocycles. The Labute approximate surface area is 150 Å². The lowest BCUT2D eigenvalue weighted by molar-refractivity contribution is 0.0952. The van der Waals surface area contributed by atoms with Crippen LogP contribution in [0.2, 0.25) is 0 Å². The van der Waals surface area contributed by atoms with E-state index in [9.17, 15) is 4.79 Å². The fraction of sp³-hybridized carbons (Fsp3) is 0.412. The summed E-state index contributed by atoms with van der Waals surface area (Å²) < 4.78 is 1.67. The van der Waals surface area contributed by atoms with Gasteiger partial charge in [-0.15, -0.1) is 11.3 Å². The van der Waals surface area contributed by atoms with Gasteiger partial charge in [0.15, 0.2) is 5.65 Å². The number of aromatic nitrogens is 4. The van der Waals surface area contributed by atoms with Gasteiger partial charge in [0.1, 0.15) is 5.56 Å². The zero-order valence-corrected chi connectivity index (χ0v) is 15.5. The summed E-state index contributed by atoms with van der Waals surface area (Å²) in [6, 6.07) is 0. The van der Waals surface area contributed by atoms with Crippen molar-refractivity contribution in [1.29, 1.82) is 0 Å². The topological polar surface area (TPSA) is 75.4 Å². The number of carbonyl (C=O) groups excluding carboxylic acids is 1. The third-order valence-corrected chi connectivity index (χ3v) is 4.87. The number of fused-ring (bicyclic) bond motifs is 1. The first kappa shape index (κ1) is 17.5. The maximum Gasteiger partial charge on any atom is 0.257 e. The van der Waals surface area contributed by atoms with Crippen LogP contribution in [0.1, 0.15) is 40.5 Å². The summed E-state index contributed by atoms with van der Waals surface area (Å²) in [5, 5.41) is 10.1. The second-order valence-electron chi connectivity index (χ2n) is 5.79. The van der Waals surface area contributed by atoms with Crippen molar-refractivity contribution >= 4 is 22.9 Å². The Morgan fingerprint density at radius 3 is 2.80 bits per heavy atom. The first-order valence-electron chi connectivity index (χ1n) is 8.34. The Morgan fingerprint density at radius 1 is 1.32 bits per heavy atom. The maximum atomic E-state index is 12.4. The van der Waals surface area contributed by atoms with Gasteiger partial charge in [0.25, 0.3) is 5.91 Å².